The van der Waals surface area contributed by atoms with Crippen LogP contribution in [0.2, 0.25) is 0 Å². The highest BCUT2D eigenvalue weighted by Gasteiger charge is 2.30. The highest BCUT2D eigenvalue weighted by atomic mass is 19.4. The minimum absolute atomic E-state index is 0.206. The van der Waals surface area contributed by atoms with Crippen LogP contribution in [0.5, 0.6) is 0 Å². The minimum atomic E-state index is -4.26. The Hall–Kier alpha value is -1.07. The lowest BCUT2D eigenvalue weighted by Gasteiger charge is -2.30. The number of hydrogen-bond acceptors (Lipinski definition) is 2. The molecule has 1 saturated heterocycles. The Morgan fingerprint density at radius 3 is 2.45 bits per heavy atom. The van der Waals surface area contributed by atoms with E-state index in [1.807, 2.05) is 0 Å². The summed E-state index contributed by atoms with van der Waals surface area (Å²) in [5, 5.41) is 3.35. The zero-order valence-electron chi connectivity index (χ0n) is 11.7. The molecule has 1 aromatic rings. The maximum atomic E-state index is 12.6. The SMILES string of the molecule is CCC(c1ccc(C(F)(F)F)cc1)N1CCCNCC1. The lowest BCUT2D eigenvalue weighted by Crippen LogP contribution is -2.32. The summed E-state index contributed by atoms with van der Waals surface area (Å²) >= 11 is 0. The molecule has 1 aliphatic heterocycles. The first kappa shape index (κ1) is 15.3. The molecule has 0 aromatic heterocycles. The van der Waals surface area contributed by atoms with Crippen molar-refractivity contribution in [1.82, 2.24) is 10.2 Å². The predicted molar refractivity (Wildman–Crippen MR) is 73.5 cm³/mol. The van der Waals surface area contributed by atoms with E-state index in [1.165, 1.54) is 12.1 Å². The molecule has 0 saturated carbocycles. The predicted octanol–water partition coefficient (Wildman–Crippen LogP) is 3.45. The summed E-state index contributed by atoms with van der Waals surface area (Å²) in [6.07, 6.45) is -2.27. The monoisotopic (exact) mass is 286 g/mol. The fourth-order valence-corrected chi connectivity index (χ4v) is 2.78. The van der Waals surface area contributed by atoms with Crippen molar-refractivity contribution in [1.29, 1.82) is 0 Å². The molecule has 0 bridgehead atoms. The molecule has 0 radical (unpaired) electrons. The average molecular weight is 286 g/mol. The van der Waals surface area contributed by atoms with Crippen LogP contribution < -0.4 is 5.32 Å². The van der Waals surface area contributed by atoms with Crippen LogP contribution in [0.4, 0.5) is 13.2 Å². The van der Waals surface area contributed by atoms with Gasteiger partial charge in [-0.2, -0.15) is 13.2 Å². The summed E-state index contributed by atoms with van der Waals surface area (Å²) in [5.41, 5.74) is 0.399. The maximum absolute atomic E-state index is 12.6. The molecule has 1 aliphatic rings. The number of halogens is 3. The van der Waals surface area contributed by atoms with Gasteiger partial charge in [0.15, 0.2) is 0 Å². The number of benzene rings is 1. The van der Waals surface area contributed by atoms with E-state index in [0.717, 1.165) is 44.6 Å². The van der Waals surface area contributed by atoms with Gasteiger partial charge in [-0.1, -0.05) is 19.1 Å². The van der Waals surface area contributed by atoms with Crippen LogP contribution in [0.15, 0.2) is 24.3 Å². The molecule has 0 spiro atoms. The zero-order chi connectivity index (χ0) is 14.6. The van der Waals surface area contributed by atoms with Crippen LogP contribution >= 0.6 is 0 Å². The number of alkyl halides is 3. The summed E-state index contributed by atoms with van der Waals surface area (Å²) in [4.78, 5) is 2.36. The second kappa shape index (κ2) is 6.59. The van der Waals surface area contributed by atoms with E-state index in [4.69, 9.17) is 0 Å². The Bertz CT molecular complexity index is 406. The van der Waals surface area contributed by atoms with Gasteiger partial charge in [0.05, 0.1) is 5.56 Å². The third kappa shape index (κ3) is 3.73. The van der Waals surface area contributed by atoms with Gasteiger partial charge in [-0.3, -0.25) is 4.90 Å². The minimum Gasteiger partial charge on any atom is -0.315 e. The van der Waals surface area contributed by atoms with Crippen molar-refractivity contribution >= 4 is 0 Å². The Kier molecular flexibility index (Phi) is 5.05. The fourth-order valence-electron chi connectivity index (χ4n) is 2.78. The molecule has 2 rings (SSSR count). The zero-order valence-corrected chi connectivity index (χ0v) is 11.7. The van der Waals surface area contributed by atoms with Gasteiger partial charge in [0.1, 0.15) is 0 Å². The van der Waals surface area contributed by atoms with E-state index in [0.29, 0.717) is 0 Å². The number of nitrogens with one attached hydrogen (secondary N) is 1. The van der Waals surface area contributed by atoms with Crippen LogP contribution in [0.3, 0.4) is 0 Å². The van der Waals surface area contributed by atoms with Gasteiger partial charge in [-0.05, 0) is 37.1 Å². The van der Waals surface area contributed by atoms with Crippen molar-refractivity contribution in [3.8, 4) is 0 Å². The molecule has 0 aliphatic carbocycles. The lowest BCUT2D eigenvalue weighted by molar-refractivity contribution is -0.137. The summed E-state index contributed by atoms with van der Waals surface area (Å²) in [5.74, 6) is 0. The van der Waals surface area contributed by atoms with E-state index in [1.54, 1.807) is 12.1 Å². The maximum Gasteiger partial charge on any atom is 0.416 e. The molecule has 1 aromatic carbocycles. The van der Waals surface area contributed by atoms with Gasteiger partial charge >= 0.3 is 6.18 Å². The van der Waals surface area contributed by atoms with E-state index in [2.05, 4.69) is 17.1 Å². The Morgan fingerprint density at radius 2 is 1.85 bits per heavy atom. The highest BCUT2D eigenvalue weighted by molar-refractivity contribution is 5.27. The quantitative estimate of drug-likeness (QED) is 0.915. The standard InChI is InChI=1S/C15H21F3N2/c1-2-14(20-10-3-8-19-9-11-20)12-4-6-13(7-5-12)15(16,17)18/h4-7,14,19H,2-3,8-11H2,1H3. The molecule has 5 heteroatoms. The smallest absolute Gasteiger partial charge is 0.315 e. The van der Waals surface area contributed by atoms with Gasteiger partial charge < -0.3 is 5.32 Å². The third-order valence-electron chi connectivity index (χ3n) is 3.82. The van der Waals surface area contributed by atoms with Gasteiger partial charge in [0, 0.05) is 25.7 Å². The second-order valence-electron chi connectivity index (χ2n) is 5.18. The largest absolute Gasteiger partial charge is 0.416 e. The van der Waals surface area contributed by atoms with Crippen LogP contribution in [-0.4, -0.2) is 31.1 Å². The molecule has 1 unspecified atom stereocenters. The Morgan fingerprint density at radius 1 is 1.15 bits per heavy atom. The highest BCUT2D eigenvalue weighted by Crippen LogP contribution is 2.31. The molecular weight excluding hydrogens is 265 g/mol. The third-order valence-corrected chi connectivity index (χ3v) is 3.82. The van der Waals surface area contributed by atoms with Crippen molar-refractivity contribution in [3.63, 3.8) is 0 Å². The second-order valence-corrected chi connectivity index (χ2v) is 5.18. The lowest BCUT2D eigenvalue weighted by atomic mass is 10.0. The molecule has 0 amide bonds. The van der Waals surface area contributed by atoms with Crippen LogP contribution in [0.25, 0.3) is 0 Å². The first-order chi connectivity index (χ1) is 9.52. The molecule has 2 nitrogen and oxygen atoms in total. The summed E-state index contributed by atoms with van der Waals surface area (Å²) in [6, 6.07) is 5.82. The fraction of sp³-hybridized carbons (Fsp3) is 0.600. The van der Waals surface area contributed by atoms with Crippen molar-refractivity contribution in [2.75, 3.05) is 26.2 Å². The van der Waals surface area contributed by atoms with Crippen molar-refractivity contribution in [2.24, 2.45) is 0 Å². The molecule has 1 N–H and O–H groups in total. The first-order valence-corrected chi connectivity index (χ1v) is 7.14. The van der Waals surface area contributed by atoms with Gasteiger partial charge in [0.25, 0.3) is 0 Å². The van der Waals surface area contributed by atoms with Crippen LogP contribution in [0.1, 0.15) is 36.9 Å². The molecule has 1 fully saturated rings. The van der Waals surface area contributed by atoms with Gasteiger partial charge in [-0.15, -0.1) is 0 Å². The number of rotatable bonds is 3. The molecule has 20 heavy (non-hydrogen) atoms. The average Bonchev–Trinajstić information content (AvgIpc) is 2.68. The molecule has 112 valence electrons. The van der Waals surface area contributed by atoms with E-state index in [9.17, 15) is 13.2 Å². The van der Waals surface area contributed by atoms with Crippen molar-refractivity contribution in [2.45, 2.75) is 32.0 Å². The van der Waals surface area contributed by atoms with Crippen LogP contribution in [0, 0.1) is 0 Å². The number of hydrogen-bond donors (Lipinski definition) is 1. The van der Waals surface area contributed by atoms with Gasteiger partial charge in [-0.25, -0.2) is 0 Å². The normalized spacial score (nSPS) is 19.6. The van der Waals surface area contributed by atoms with E-state index in [-0.39, 0.29) is 6.04 Å². The Labute approximate surface area is 118 Å². The van der Waals surface area contributed by atoms with Crippen molar-refractivity contribution < 1.29 is 13.2 Å². The summed E-state index contributed by atoms with van der Waals surface area (Å²) in [7, 11) is 0. The molecule has 1 heterocycles. The van der Waals surface area contributed by atoms with E-state index >= 15 is 0 Å². The topological polar surface area (TPSA) is 15.3 Å². The molecule has 1 atom stereocenters. The summed E-state index contributed by atoms with van der Waals surface area (Å²) < 4.78 is 37.8. The summed E-state index contributed by atoms with van der Waals surface area (Å²) in [6.45, 7) is 5.98. The van der Waals surface area contributed by atoms with Crippen molar-refractivity contribution in [3.05, 3.63) is 35.4 Å². The first-order valence-electron chi connectivity index (χ1n) is 7.14. The van der Waals surface area contributed by atoms with E-state index < -0.39 is 11.7 Å². The van der Waals surface area contributed by atoms with Gasteiger partial charge in [0.2, 0.25) is 0 Å². The number of nitrogens with zero attached hydrogens (tertiary/aromatic N) is 1. The van der Waals surface area contributed by atoms with Crippen LogP contribution in [-0.2, 0) is 6.18 Å². The molecular formula is C15H21F3N2. The Balaban J connectivity index is 2.14.